The van der Waals surface area contributed by atoms with Crippen molar-refractivity contribution in [1.82, 2.24) is 24.6 Å². The summed E-state index contributed by atoms with van der Waals surface area (Å²) in [5, 5.41) is 8.95. The molecular formula is C19H25N5O2. The predicted octanol–water partition coefficient (Wildman–Crippen LogP) is 3.07. The van der Waals surface area contributed by atoms with Crippen molar-refractivity contribution in [2.24, 2.45) is 5.92 Å². The highest BCUT2D eigenvalue weighted by molar-refractivity contribution is 5.74. The van der Waals surface area contributed by atoms with E-state index in [1.54, 1.807) is 6.20 Å². The van der Waals surface area contributed by atoms with Crippen LogP contribution in [0, 0.1) is 5.92 Å². The Morgan fingerprint density at radius 2 is 2.12 bits per heavy atom. The van der Waals surface area contributed by atoms with Crippen LogP contribution in [0.1, 0.15) is 50.8 Å². The largest absolute Gasteiger partial charge is 0.381 e. The summed E-state index contributed by atoms with van der Waals surface area (Å²) in [6.07, 6.45) is 9.66. The van der Waals surface area contributed by atoms with Gasteiger partial charge in [-0.25, -0.2) is 4.98 Å². The summed E-state index contributed by atoms with van der Waals surface area (Å²) in [6.45, 7) is 3.92. The lowest BCUT2D eigenvalue weighted by Gasteiger charge is -2.25. The van der Waals surface area contributed by atoms with Crippen LogP contribution in [-0.2, 0) is 9.47 Å². The molecule has 3 aromatic heterocycles. The summed E-state index contributed by atoms with van der Waals surface area (Å²) in [5.74, 6) is 2.01. The molecule has 1 N–H and O–H groups in total. The number of aromatic nitrogens is 5. The molecule has 1 aliphatic carbocycles. The molecule has 3 aromatic rings. The first kappa shape index (κ1) is 16.2. The lowest BCUT2D eigenvalue weighted by Crippen LogP contribution is -2.27. The Labute approximate surface area is 152 Å². The van der Waals surface area contributed by atoms with Crippen LogP contribution in [0.3, 0.4) is 0 Å². The number of nitrogens with one attached hydrogen (secondary N) is 1. The van der Waals surface area contributed by atoms with Gasteiger partial charge in [-0.3, -0.25) is 4.40 Å². The van der Waals surface area contributed by atoms with Gasteiger partial charge < -0.3 is 14.5 Å². The fourth-order valence-corrected chi connectivity index (χ4v) is 4.67. The Morgan fingerprint density at radius 1 is 1.23 bits per heavy atom. The second-order valence-corrected chi connectivity index (χ2v) is 7.54. The number of H-pyrrole nitrogens is 1. The third kappa shape index (κ3) is 2.70. The van der Waals surface area contributed by atoms with Gasteiger partial charge in [-0.1, -0.05) is 13.3 Å². The van der Waals surface area contributed by atoms with E-state index in [1.807, 2.05) is 12.3 Å². The summed E-state index contributed by atoms with van der Waals surface area (Å²) in [7, 11) is 0. The molecule has 26 heavy (non-hydrogen) atoms. The smallest absolute Gasteiger partial charge is 0.179 e. The average Bonchev–Trinajstić information content (AvgIpc) is 3.39. The van der Waals surface area contributed by atoms with Crippen molar-refractivity contribution in [3.05, 3.63) is 24.3 Å². The topological polar surface area (TPSA) is 77.3 Å². The number of rotatable bonds is 4. The van der Waals surface area contributed by atoms with Crippen molar-refractivity contribution >= 4 is 16.8 Å². The standard InChI is InChI=1S/C19H25N5O2/c1-2-12-9-14(26-13-4-7-25-8-5-13)10-15(12)19-23-22-17-11-21-18-16(24(17)19)3-6-20-18/h3,6,11-15,20H,2,4-5,7-10H2,1H3/t12-,14-,15-/m0/s1. The number of fused-ring (bicyclic) bond motifs is 3. The second-order valence-electron chi connectivity index (χ2n) is 7.54. The molecular weight excluding hydrogens is 330 g/mol. The Bertz CT molecular complexity index is 898. The third-order valence-electron chi connectivity index (χ3n) is 6.03. The number of aromatic amines is 1. The summed E-state index contributed by atoms with van der Waals surface area (Å²) in [6, 6.07) is 2.05. The SMILES string of the molecule is CC[C@H]1C[C@H](OC2CCOCC2)C[C@@H]1c1nnc2cnc3[nH]ccc3n12. The fourth-order valence-electron chi connectivity index (χ4n) is 4.67. The predicted molar refractivity (Wildman–Crippen MR) is 97.1 cm³/mol. The van der Waals surface area contributed by atoms with Crippen molar-refractivity contribution < 1.29 is 9.47 Å². The molecule has 0 unspecified atom stereocenters. The van der Waals surface area contributed by atoms with Crippen LogP contribution >= 0.6 is 0 Å². The summed E-state index contributed by atoms with van der Waals surface area (Å²) in [5.41, 5.74) is 2.74. The minimum Gasteiger partial charge on any atom is -0.381 e. The van der Waals surface area contributed by atoms with E-state index in [2.05, 4.69) is 31.5 Å². The number of hydrogen-bond donors (Lipinski definition) is 1. The number of ether oxygens (including phenoxy) is 2. The van der Waals surface area contributed by atoms with Gasteiger partial charge in [0.1, 0.15) is 5.82 Å². The van der Waals surface area contributed by atoms with Crippen LogP contribution in [0.5, 0.6) is 0 Å². The molecule has 0 aromatic carbocycles. The lowest BCUT2D eigenvalue weighted by atomic mass is 9.93. The monoisotopic (exact) mass is 355 g/mol. The highest BCUT2D eigenvalue weighted by Gasteiger charge is 2.38. The van der Waals surface area contributed by atoms with Crippen LogP contribution < -0.4 is 0 Å². The molecule has 1 saturated heterocycles. The van der Waals surface area contributed by atoms with E-state index in [0.29, 0.717) is 24.0 Å². The zero-order valence-corrected chi connectivity index (χ0v) is 15.1. The van der Waals surface area contributed by atoms with E-state index in [0.717, 1.165) is 68.0 Å². The maximum Gasteiger partial charge on any atom is 0.179 e. The van der Waals surface area contributed by atoms with Gasteiger partial charge in [0, 0.05) is 25.3 Å². The molecule has 3 atom stereocenters. The highest BCUT2D eigenvalue weighted by atomic mass is 16.5. The molecule has 4 heterocycles. The van der Waals surface area contributed by atoms with Crippen molar-refractivity contribution in [2.45, 2.75) is 57.2 Å². The van der Waals surface area contributed by atoms with Crippen LogP contribution in [0.15, 0.2) is 18.5 Å². The van der Waals surface area contributed by atoms with Gasteiger partial charge in [-0.2, -0.15) is 0 Å². The summed E-state index contributed by atoms with van der Waals surface area (Å²) >= 11 is 0. The zero-order chi connectivity index (χ0) is 17.5. The highest BCUT2D eigenvalue weighted by Crippen LogP contribution is 2.43. The average molecular weight is 355 g/mol. The molecule has 0 amide bonds. The molecule has 0 bridgehead atoms. The van der Waals surface area contributed by atoms with Crippen LogP contribution in [0.2, 0.25) is 0 Å². The first-order chi connectivity index (χ1) is 12.8. The van der Waals surface area contributed by atoms with E-state index >= 15 is 0 Å². The first-order valence-corrected chi connectivity index (χ1v) is 9.73. The van der Waals surface area contributed by atoms with E-state index in [9.17, 15) is 0 Å². The van der Waals surface area contributed by atoms with E-state index in [1.165, 1.54) is 0 Å². The van der Waals surface area contributed by atoms with Gasteiger partial charge in [-0.05, 0) is 37.7 Å². The molecule has 2 fully saturated rings. The quantitative estimate of drug-likeness (QED) is 0.778. The van der Waals surface area contributed by atoms with Crippen molar-refractivity contribution in [3.63, 3.8) is 0 Å². The first-order valence-electron chi connectivity index (χ1n) is 9.73. The van der Waals surface area contributed by atoms with Gasteiger partial charge in [0.05, 0.1) is 23.9 Å². The van der Waals surface area contributed by atoms with E-state index in [-0.39, 0.29) is 0 Å². The van der Waals surface area contributed by atoms with E-state index in [4.69, 9.17) is 9.47 Å². The molecule has 138 valence electrons. The molecule has 0 spiro atoms. The van der Waals surface area contributed by atoms with Gasteiger partial charge >= 0.3 is 0 Å². The van der Waals surface area contributed by atoms with Crippen molar-refractivity contribution in [1.29, 1.82) is 0 Å². The fraction of sp³-hybridized carbons (Fsp3) is 0.632. The Hall–Kier alpha value is -1.99. The van der Waals surface area contributed by atoms with Gasteiger partial charge in [0.2, 0.25) is 0 Å². The third-order valence-corrected chi connectivity index (χ3v) is 6.03. The second kappa shape index (κ2) is 6.63. The Kier molecular flexibility index (Phi) is 4.13. The minimum atomic E-state index is 0.309. The lowest BCUT2D eigenvalue weighted by molar-refractivity contribution is -0.0668. The summed E-state index contributed by atoms with van der Waals surface area (Å²) in [4.78, 5) is 7.61. The van der Waals surface area contributed by atoms with Crippen LogP contribution in [0.25, 0.3) is 16.8 Å². The molecule has 2 aliphatic rings. The van der Waals surface area contributed by atoms with Crippen LogP contribution in [-0.4, -0.2) is 50.0 Å². The maximum absolute atomic E-state index is 6.44. The Morgan fingerprint density at radius 3 is 2.96 bits per heavy atom. The molecule has 1 saturated carbocycles. The van der Waals surface area contributed by atoms with Crippen molar-refractivity contribution in [2.75, 3.05) is 13.2 Å². The maximum atomic E-state index is 6.44. The summed E-state index contributed by atoms with van der Waals surface area (Å²) < 4.78 is 14.1. The van der Waals surface area contributed by atoms with Crippen LogP contribution in [0.4, 0.5) is 0 Å². The molecule has 0 radical (unpaired) electrons. The molecule has 7 nitrogen and oxygen atoms in total. The minimum absolute atomic E-state index is 0.309. The van der Waals surface area contributed by atoms with Crippen molar-refractivity contribution in [3.8, 4) is 0 Å². The molecule has 5 rings (SSSR count). The van der Waals surface area contributed by atoms with Gasteiger partial charge in [0.25, 0.3) is 0 Å². The van der Waals surface area contributed by atoms with E-state index < -0.39 is 0 Å². The molecule has 1 aliphatic heterocycles. The normalized spacial score (nSPS) is 27.7. The van der Waals surface area contributed by atoms with Gasteiger partial charge in [0.15, 0.2) is 11.3 Å². The number of nitrogens with zero attached hydrogens (tertiary/aromatic N) is 4. The zero-order valence-electron chi connectivity index (χ0n) is 15.1. The number of hydrogen-bond acceptors (Lipinski definition) is 5. The Balaban J connectivity index is 1.45. The molecule has 7 heteroatoms. The van der Waals surface area contributed by atoms with Gasteiger partial charge in [-0.15, -0.1) is 10.2 Å².